The lowest BCUT2D eigenvalue weighted by atomic mass is 9.95. The highest BCUT2D eigenvalue weighted by molar-refractivity contribution is 6.15. The van der Waals surface area contributed by atoms with E-state index >= 15 is 0 Å². The summed E-state index contributed by atoms with van der Waals surface area (Å²) >= 11 is 0. The molecule has 0 saturated carbocycles. The molecular formula is C36H15F9N6. The Morgan fingerprint density at radius 2 is 0.961 bits per heavy atom. The maximum absolute atomic E-state index is 14.0. The molecule has 0 aliphatic rings. The summed E-state index contributed by atoms with van der Waals surface area (Å²) in [6.07, 6.45) is -11.3. The van der Waals surface area contributed by atoms with Crippen LogP contribution in [0.4, 0.5) is 39.5 Å². The first-order valence-corrected chi connectivity index (χ1v) is 14.6. The van der Waals surface area contributed by atoms with Gasteiger partial charge in [0, 0.05) is 21.5 Å². The number of alkyl halides is 9. The Morgan fingerprint density at radius 3 is 1.39 bits per heavy atom. The van der Waals surface area contributed by atoms with E-state index in [2.05, 4.69) is 9.98 Å². The fourth-order valence-corrected chi connectivity index (χ4v) is 6.32. The molecule has 0 bridgehead atoms. The molecule has 0 radical (unpaired) electrons. The summed E-state index contributed by atoms with van der Waals surface area (Å²) in [7, 11) is 0. The van der Waals surface area contributed by atoms with Crippen molar-refractivity contribution in [3.05, 3.63) is 106 Å². The van der Waals surface area contributed by atoms with Crippen LogP contribution < -0.4 is 10.7 Å². The molecule has 0 saturated heterocycles. The lowest BCUT2D eigenvalue weighted by molar-refractivity contribution is -0.143. The first-order chi connectivity index (χ1) is 24.0. The van der Waals surface area contributed by atoms with Crippen molar-refractivity contribution in [2.45, 2.75) is 25.5 Å². The summed E-state index contributed by atoms with van der Waals surface area (Å²) in [6, 6.07) is 13.5. The third kappa shape index (κ3) is 5.47. The second-order valence-electron chi connectivity index (χ2n) is 11.5. The van der Waals surface area contributed by atoms with Crippen molar-refractivity contribution < 1.29 is 39.5 Å². The molecule has 0 aliphatic carbocycles. The van der Waals surface area contributed by atoms with E-state index in [9.17, 15) is 50.0 Å². The van der Waals surface area contributed by atoms with Crippen molar-refractivity contribution in [2.24, 2.45) is 9.98 Å². The Balaban J connectivity index is 1.47. The molecule has 7 aromatic rings. The van der Waals surface area contributed by atoms with E-state index in [0.717, 1.165) is 18.2 Å². The average molecular weight is 703 g/mol. The van der Waals surface area contributed by atoms with E-state index in [1.165, 1.54) is 31.2 Å². The van der Waals surface area contributed by atoms with Crippen molar-refractivity contribution in [1.29, 1.82) is 10.5 Å². The predicted octanol–water partition coefficient (Wildman–Crippen LogP) is 9.43. The van der Waals surface area contributed by atoms with Gasteiger partial charge in [-0.05, 0) is 71.1 Å². The molecule has 1 heterocycles. The average Bonchev–Trinajstić information content (AvgIpc) is 3.53. The second kappa shape index (κ2) is 11.3. The largest absolute Gasteiger partial charge is 0.417 e. The lowest BCUT2D eigenvalue weighted by Gasteiger charge is -2.16. The summed E-state index contributed by atoms with van der Waals surface area (Å²) in [5.74, 6) is 0. The van der Waals surface area contributed by atoms with Crippen molar-refractivity contribution >= 4 is 43.6 Å². The number of hydrogen-bond acceptors (Lipinski definition) is 6. The van der Waals surface area contributed by atoms with Crippen LogP contribution in [-0.2, 0) is 18.5 Å². The standard InChI is InChI=1S/C36H15F9N6/c1-16-10-19(34(37,38)39)4-8-21(16)17-2-6-23-25(11-17)28(48-14-46)32-30(23)50-33-29(49-15-47)26-12-18(3-7-24(26)31(33)51-32)22-9-5-20(35(40,41)42)13-27(22)36(43,44)45/h2-13H,1H3. The summed E-state index contributed by atoms with van der Waals surface area (Å²) < 4.78 is 122. The molecule has 6 nitrogen and oxygen atoms in total. The number of halogens is 9. The third-order valence-electron chi connectivity index (χ3n) is 8.56. The van der Waals surface area contributed by atoms with E-state index in [1.54, 1.807) is 30.6 Å². The minimum atomic E-state index is -5.14. The number of hydrogen-bond donors (Lipinski definition) is 0. The van der Waals surface area contributed by atoms with Crippen LogP contribution in [0.15, 0.2) is 82.8 Å². The first kappa shape index (κ1) is 33.2. The van der Waals surface area contributed by atoms with E-state index in [4.69, 9.17) is 9.97 Å². The van der Waals surface area contributed by atoms with Gasteiger partial charge < -0.3 is 0 Å². The second-order valence-corrected chi connectivity index (χ2v) is 11.5. The lowest BCUT2D eigenvalue weighted by Crippen LogP contribution is -2.12. The van der Waals surface area contributed by atoms with Gasteiger partial charge in [-0.1, -0.05) is 36.4 Å². The topological polar surface area (TPSA) is 98.1 Å². The minimum absolute atomic E-state index is 0.0348. The van der Waals surface area contributed by atoms with Gasteiger partial charge in [-0.25, -0.2) is 9.97 Å². The molecule has 0 spiro atoms. The van der Waals surface area contributed by atoms with Gasteiger partial charge in [0.05, 0.1) is 27.7 Å². The highest BCUT2D eigenvalue weighted by Crippen LogP contribution is 2.42. The molecule has 6 aromatic carbocycles. The maximum Gasteiger partial charge on any atom is 0.417 e. The van der Waals surface area contributed by atoms with Crippen LogP contribution in [0.5, 0.6) is 0 Å². The molecular weight excluding hydrogens is 687 g/mol. The normalized spacial score (nSPS) is 13.5. The molecule has 0 amide bonds. The molecule has 0 aliphatic heterocycles. The Morgan fingerprint density at radius 1 is 0.510 bits per heavy atom. The fraction of sp³-hybridized carbons (Fsp3) is 0.111. The van der Waals surface area contributed by atoms with E-state index in [1.807, 2.05) is 0 Å². The van der Waals surface area contributed by atoms with Crippen LogP contribution in [0.2, 0.25) is 0 Å². The molecule has 51 heavy (non-hydrogen) atoms. The van der Waals surface area contributed by atoms with Crippen LogP contribution in [0.25, 0.3) is 65.9 Å². The van der Waals surface area contributed by atoms with Gasteiger partial charge in [-0.3, -0.25) is 0 Å². The minimum Gasteiger partial charge on any atom is -0.241 e. The molecule has 15 heteroatoms. The van der Waals surface area contributed by atoms with Crippen LogP contribution in [0.3, 0.4) is 0 Å². The summed E-state index contributed by atoms with van der Waals surface area (Å²) in [5, 5.41) is 20.5. The van der Waals surface area contributed by atoms with Crippen LogP contribution in [-0.4, -0.2) is 9.97 Å². The highest BCUT2D eigenvalue weighted by Gasteiger charge is 2.38. The van der Waals surface area contributed by atoms with Crippen molar-refractivity contribution in [3.8, 4) is 34.6 Å². The molecule has 252 valence electrons. The molecule has 0 N–H and O–H groups in total. The molecule has 0 atom stereocenters. The van der Waals surface area contributed by atoms with Gasteiger partial charge in [0.1, 0.15) is 21.7 Å². The maximum atomic E-state index is 14.0. The van der Waals surface area contributed by atoms with Gasteiger partial charge in [0.15, 0.2) is 0 Å². The first-order valence-electron chi connectivity index (χ1n) is 14.6. The molecule has 1 aromatic heterocycles. The molecule has 0 unspecified atom stereocenters. The van der Waals surface area contributed by atoms with E-state index < -0.39 is 40.8 Å². The van der Waals surface area contributed by atoms with Crippen molar-refractivity contribution in [3.63, 3.8) is 0 Å². The van der Waals surface area contributed by atoms with Gasteiger partial charge in [-0.2, -0.15) is 60.0 Å². The zero-order valence-electron chi connectivity index (χ0n) is 25.5. The van der Waals surface area contributed by atoms with E-state index in [-0.39, 0.29) is 49.8 Å². The number of aryl methyl sites for hydroxylation is 1. The van der Waals surface area contributed by atoms with Gasteiger partial charge >= 0.3 is 18.5 Å². The fourth-order valence-electron chi connectivity index (χ4n) is 6.32. The zero-order valence-corrected chi connectivity index (χ0v) is 25.5. The Labute approximate surface area is 279 Å². The molecule has 0 fully saturated rings. The Bertz CT molecular complexity index is 2810. The monoisotopic (exact) mass is 702 g/mol. The number of nitriles is 2. The van der Waals surface area contributed by atoms with Gasteiger partial charge in [0.25, 0.3) is 0 Å². The van der Waals surface area contributed by atoms with E-state index in [0.29, 0.717) is 38.9 Å². The summed E-state index contributed by atoms with van der Waals surface area (Å²) in [5.41, 5.74) is -2.45. The predicted molar refractivity (Wildman–Crippen MR) is 167 cm³/mol. The number of benzene rings is 4. The number of fused-ring (bicyclic) bond motifs is 6. The zero-order chi connectivity index (χ0) is 36.6. The highest BCUT2D eigenvalue weighted by atomic mass is 19.4. The Hall–Kier alpha value is -6.35. The summed E-state index contributed by atoms with van der Waals surface area (Å²) in [6.45, 7) is 1.53. The van der Waals surface area contributed by atoms with Gasteiger partial charge in [-0.15, -0.1) is 0 Å². The van der Waals surface area contributed by atoms with Crippen molar-refractivity contribution in [1.82, 2.24) is 9.97 Å². The third-order valence-corrected chi connectivity index (χ3v) is 8.56. The van der Waals surface area contributed by atoms with Gasteiger partial charge in [0.2, 0.25) is 12.4 Å². The summed E-state index contributed by atoms with van der Waals surface area (Å²) in [4.78, 5) is 17.3. The van der Waals surface area contributed by atoms with Crippen LogP contribution in [0.1, 0.15) is 22.3 Å². The SMILES string of the molecule is Cc1cc(C(F)(F)F)ccc1-c1ccc2c(c1)c(=NC#N)c1nc3c(nc12)c(=NC#N)c1cc(-c2ccc(C(F)(F)F)cc2C(F)(F)F)ccc13. The Kier molecular flexibility index (Phi) is 7.38. The number of rotatable bonds is 2. The molecule has 7 rings (SSSR count). The van der Waals surface area contributed by atoms with Crippen LogP contribution >= 0.6 is 0 Å². The number of aromatic nitrogens is 2. The van der Waals surface area contributed by atoms with Crippen LogP contribution in [0, 0.1) is 29.8 Å². The van der Waals surface area contributed by atoms with Crippen molar-refractivity contribution in [2.75, 3.05) is 0 Å². The smallest absolute Gasteiger partial charge is 0.241 e. The quantitative estimate of drug-likeness (QED) is 0.132. The number of nitrogens with zero attached hydrogens (tertiary/aromatic N) is 6.